The first-order valence-electron chi connectivity index (χ1n) is 22.4. The van der Waals surface area contributed by atoms with Gasteiger partial charge in [0.1, 0.15) is 35.6 Å². The van der Waals surface area contributed by atoms with Crippen LogP contribution in [0.3, 0.4) is 0 Å². The molecule has 3 atom stereocenters. The van der Waals surface area contributed by atoms with Crippen LogP contribution in [0, 0.1) is 36.4 Å². The first-order chi connectivity index (χ1) is 32.9. The van der Waals surface area contributed by atoms with Crippen molar-refractivity contribution in [1.82, 2.24) is 25.5 Å². The third-order valence-corrected chi connectivity index (χ3v) is 12.8. The molecular formula is C49H56F4N8O8S. The van der Waals surface area contributed by atoms with E-state index in [-0.39, 0.29) is 64.2 Å². The predicted octanol–water partition coefficient (Wildman–Crippen LogP) is 6.57. The molecular weight excluding hydrogens is 937 g/mol. The molecule has 6 rings (SSSR count). The van der Waals surface area contributed by atoms with Gasteiger partial charge in [-0.05, 0) is 62.4 Å². The lowest BCUT2D eigenvalue weighted by Gasteiger charge is -2.35. The molecule has 4 amide bonds. The van der Waals surface area contributed by atoms with E-state index < -0.39 is 81.6 Å². The number of aromatic nitrogens is 2. The highest BCUT2D eigenvalue weighted by Crippen LogP contribution is 2.44. The highest BCUT2D eigenvalue weighted by molar-refractivity contribution is 7.13. The number of carbonyl (C=O) groups is 4. The van der Waals surface area contributed by atoms with E-state index in [4.69, 9.17) is 14.2 Å². The van der Waals surface area contributed by atoms with Crippen molar-refractivity contribution in [3.05, 3.63) is 100 Å². The number of amides is 4. The summed E-state index contributed by atoms with van der Waals surface area (Å²) < 4.78 is 73.7. The summed E-state index contributed by atoms with van der Waals surface area (Å²) in [6, 6.07) is 10.5. The number of thiazole rings is 1. The van der Waals surface area contributed by atoms with Crippen LogP contribution in [0.5, 0.6) is 5.88 Å². The van der Waals surface area contributed by atoms with E-state index in [1.54, 1.807) is 50.6 Å². The average Bonchev–Trinajstić information content (AvgIpc) is 3.96. The lowest BCUT2D eigenvalue weighted by Crippen LogP contribution is -2.58. The molecule has 3 N–H and O–H groups in total. The van der Waals surface area contributed by atoms with Crippen molar-refractivity contribution in [2.75, 3.05) is 49.4 Å². The highest BCUT2D eigenvalue weighted by Gasteiger charge is 2.51. The molecule has 374 valence electrons. The topological polar surface area (TPSA) is 200 Å². The van der Waals surface area contributed by atoms with Crippen LogP contribution in [-0.2, 0) is 41.4 Å². The van der Waals surface area contributed by atoms with Crippen LogP contribution < -0.4 is 25.2 Å². The fraction of sp³-hybridized carbons (Fsp3) is 0.449. The van der Waals surface area contributed by atoms with Gasteiger partial charge in [0, 0.05) is 38.1 Å². The maximum atomic E-state index is 15.4. The van der Waals surface area contributed by atoms with Gasteiger partial charge in [-0.2, -0.15) is 18.4 Å². The molecule has 4 aromatic rings. The average molecular weight is 993 g/mol. The van der Waals surface area contributed by atoms with E-state index in [9.17, 15) is 42.7 Å². The van der Waals surface area contributed by atoms with E-state index in [1.807, 2.05) is 31.2 Å². The van der Waals surface area contributed by atoms with Crippen LogP contribution >= 0.6 is 11.3 Å². The Balaban J connectivity index is 0.923. The fourth-order valence-corrected chi connectivity index (χ4v) is 9.07. The number of hydrogen-bond acceptors (Lipinski definition) is 13. The minimum Gasteiger partial charge on any atom is -0.477 e. The van der Waals surface area contributed by atoms with Crippen LogP contribution in [0.4, 0.5) is 28.9 Å². The number of ether oxygens (including phenoxy) is 3. The lowest BCUT2D eigenvalue weighted by molar-refractivity contribution is -0.144. The maximum absolute atomic E-state index is 15.4. The number of likely N-dealkylation sites (tertiary alicyclic amines) is 1. The zero-order valence-corrected chi connectivity index (χ0v) is 40.7. The number of rotatable bonds is 18. The van der Waals surface area contributed by atoms with Gasteiger partial charge >= 0.3 is 6.18 Å². The van der Waals surface area contributed by atoms with Gasteiger partial charge in [-0.15, -0.1) is 11.3 Å². The molecule has 2 aromatic carbocycles. The van der Waals surface area contributed by atoms with E-state index in [1.165, 1.54) is 35.9 Å². The van der Waals surface area contributed by atoms with Crippen molar-refractivity contribution in [3.63, 3.8) is 0 Å². The minimum atomic E-state index is -5.19. The smallest absolute Gasteiger partial charge is 0.420 e. The quantitative estimate of drug-likeness (QED) is 0.0718. The first kappa shape index (κ1) is 52.9. The Morgan fingerprint density at radius 3 is 2.37 bits per heavy atom. The summed E-state index contributed by atoms with van der Waals surface area (Å²) in [6.07, 6.45) is -4.21. The van der Waals surface area contributed by atoms with Crippen molar-refractivity contribution < 1.29 is 56.1 Å². The van der Waals surface area contributed by atoms with Gasteiger partial charge in [0.15, 0.2) is 5.82 Å². The summed E-state index contributed by atoms with van der Waals surface area (Å²) in [6.45, 7) is 16.4. The number of β-amino-alcohol motifs (C(OH)–C–C–N with tert-alkyl or cyclic N) is 1. The van der Waals surface area contributed by atoms with Crippen LogP contribution in [0.1, 0.15) is 75.4 Å². The normalized spacial score (nSPS) is 17.4. The zero-order chi connectivity index (χ0) is 51.3. The number of halogens is 4. The molecule has 2 aromatic heterocycles. The van der Waals surface area contributed by atoms with Crippen molar-refractivity contribution in [1.29, 1.82) is 5.26 Å². The number of benzene rings is 2. The van der Waals surface area contributed by atoms with Crippen molar-refractivity contribution in [2.24, 2.45) is 5.41 Å². The highest BCUT2D eigenvalue weighted by atomic mass is 32.1. The predicted molar refractivity (Wildman–Crippen MR) is 252 cm³/mol. The standard InChI is InChI=1S/C49H56F4N8O8S/c1-28-20-34(61-30(3)60(46(66)48(61,7)8)36-15-14-33(22-54)39(40(36)50)49(51,52)53)24-56-44(28)69-17-9-16-67-18-19-68-26-38(63)58-42(47(4,5)6)45(65)59-25-35(62)21-37(59)43(64)55-23-31-10-12-32(13-11-31)41-29(2)57-27-70-41/h10-15,20,24,27,35,37,42,62H,3,9,16-19,21,23,25-26H2,1-2,4-8H3,(H,55,64)(H,58,63)/t35-,37+,42-/m1/s1. The molecule has 2 fully saturated rings. The number of aliphatic hydroxyl groups is 1. The van der Waals surface area contributed by atoms with Crippen molar-refractivity contribution >= 4 is 46.3 Å². The summed E-state index contributed by atoms with van der Waals surface area (Å²) >= 11 is 1.55. The number of alkyl halides is 3. The molecule has 0 bridgehead atoms. The first-order valence-corrected chi connectivity index (χ1v) is 23.3. The van der Waals surface area contributed by atoms with E-state index in [0.29, 0.717) is 17.7 Å². The van der Waals surface area contributed by atoms with Gasteiger partial charge in [0.25, 0.3) is 5.91 Å². The molecule has 2 aliphatic heterocycles. The number of nitrogens with one attached hydrogen (secondary N) is 2. The summed E-state index contributed by atoms with van der Waals surface area (Å²) in [4.78, 5) is 67.3. The SMILES string of the molecule is C=C1N(c2ccc(C#N)c(C(F)(F)F)c2F)C(=O)C(C)(C)N1c1cnc(OCCCOCCOCC(=O)N[C@H](C(=O)N2C[C@H](O)C[C@H]2C(=O)NCc2ccc(-c3scnc3C)cc2)C(C)(C)C)c(C)c1. The molecule has 0 unspecified atom stereocenters. The minimum absolute atomic E-state index is 0.0561. The van der Waals surface area contributed by atoms with E-state index in [0.717, 1.165) is 38.7 Å². The summed E-state index contributed by atoms with van der Waals surface area (Å²) in [5, 5.41) is 25.4. The Morgan fingerprint density at radius 2 is 1.74 bits per heavy atom. The van der Waals surface area contributed by atoms with Gasteiger partial charge in [0.05, 0.1) is 71.2 Å². The zero-order valence-electron chi connectivity index (χ0n) is 39.9. The van der Waals surface area contributed by atoms with Gasteiger partial charge in [-0.1, -0.05) is 51.6 Å². The van der Waals surface area contributed by atoms with Crippen LogP contribution in [0.2, 0.25) is 0 Å². The fourth-order valence-electron chi connectivity index (χ4n) is 8.26. The number of aryl methyl sites for hydroxylation is 2. The molecule has 0 radical (unpaired) electrons. The third-order valence-electron chi connectivity index (χ3n) is 11.8. The van der Waals surface area contributed by atoms with Gasteiger partial charge < -0.3 is 39.8 Å². The second-order valence-corrected chi connectivity index (χ2v) is 19.4. The number of anilines is 2. The second kappa shape index (κ2) is 21.7. The van der Waals surface area contributed by atoms with Crippen molar-refractivity contribution in [3.8, 4) is 22.4 Å². The molecule has 2 saturated heterocycles. The number of hydrogen-bond donors (Lipinski definition) is 3. The van der Waals surface area contributed by atoms with Crippen LogP contribution in [-0.4, -0.2) is 107 Å². The van der Waals surface area contributed by atoms with Crippen LogP contribution in [0.15, 0.2) is 66.6 Å². The number of nitrogens with zero attached hydrogens (tertiary/aromatic N) is 6. The Kier molecular flexibility index (Phi) is 16.4. The summed E-state index contributed by atoms with van der Waals surface area (Å²) in [5.41, 5.74) is -0.0645. The Hall–Kier alpha value is -6.47. The van der Waals surface area contributed by atoms with Gasteiger partial charge in [-0.3, -0.25) is 24.1 Å². The second-order valence-electron chi connectivity index (χ2n) is 18.5. The number of nitriles is 1. The molecule has 4 heterocycles. The molecule has 0 spiro atoms. The van der Waals surface area contributed by atoms with E-state index >= 15 is 4.39 Å². The van der Waals surface area contributed by atoms with Gasteiger partial charge in [0.2, 0.25) is 23.6 Å². The van der Waals surface area contributed by atoms with Gasteiger partial charge in [-0.25, -0.2) is 14.4 Å². The lowest BCUT2D eigenvalue weighted by atomic mass is 9.85. The number of pyridine rings is 1. The molecule has 16 nitrogen and oxygen atoms in total. The largest absolute Gasteiger partial charge is 0.477 e. The summed E-state index contributed by atoms with van der Waals surface area (Å²) in [5.74, 6) is -3.83. The number of aliphatic hydroxyl groups excluding tert-OH is 1. The molecule has 2 aliphatic rings. The summed E-state index contributed by atoms with van der Waals surface area (Å²) in [7, 11) is 0. The third kappa shape index (κ3) is 11.7. The molecule has 0 saturated carbocycles. The Labute approximate surface area is 407 Å². The van der Waals surface area contributed by atoms with Crippen LogP contribution in [0.25, 0.3) is 10.4 Å². The Bertz CT molecular complexity index is 2650. The monoisotopic (exact) mass is 992 g/mol. The van der Waals surface area contributed by atoms with E-state index in [2.05, 4.69) is 27.2 Å². The molecule has 0 aliphatic carbocycles. The molecule has 70 heavy (non-hydrogen) atoms. The molecule has 21 heteroatoms. The number of carbonyl (C=O) groups excluding carboxylic acids is 4. The maximum Gasteiger partial charge on any atom is 0.420 e. The Morgan fingerprint density at radius 1 is 1.04 bits per heavy atom. The van der Waals surface area contributed by atoms with Crippen molar-refractivity contribution in [2.45, 2.75) is 97.8 Å².